The third-order valence-electron chi connectivity index (χ3n) is 5.98. The Labute approximate surface area is 200 Å². The van der Waals surface area contributed by atoms with Crippen LogP contribution in [0, 0.1) is 0 Å². The first-order chi connectivity index (χ1) is 16.5. The Bertz CT molecular complexity index is 1420. The number of aryl methyl sites for hydroxylation is 1. The minimum Gasteiger partial charge on any atom is -0.507 e. The first kappa shape index (κ1) is 21.9. The van der Waals surface area contributed by atoms with Gasteiger partial charge < -0.3 is 9.84 Å². The number of hydrogen-bond acceptors (Lipinski definition) is 6. The smallest absolute Gasteiger partial charge is 0.301 e. The minimum absolute atomic E-state index is 0.0369. The highest BCUT2D eigenvalue weighted by Gasteiger charge is 2.48. The zero-order chi connectivity index (χ0) is 23.8. The van der Waals surface area contributed by atoms with Crippen LogP contribution in [0.25, 0.3) is 16.0 Å². The van der Waals surface area contributed by atoms with E-state index < -0.39 is 17.7 Å². The standard InChI is InChI=1S/C27H22N2O4S/c1-3-16-9-14-20-21(15-16)34-27(28-20)29-23(17-10-12-19(33-2)13-11-17)22(25(31)26(29)32)24(30)18-7-5-4-6-8-18/h4-15,23,30H,3H2,1-2H3/b24-22+/t23-/m0/s1. The van der Waals surface area contributed by atoms with E-state index in [-0.39, 0.29) is 11.3 Å². The molecule has 5 rings (SSSR count). The number of anilines is 1. The lowest BCUT2D eigenvalue weighted by molar-refractivity contribution is -0.132. The SMILES string of the molecule is CCc1ccc2nc(N3C(=O)C(=O)/C(=C(/O)c4ccccc4)[C@@H]3c3ccc(OC)cc3)sc2c1. The summed E-state index contributed by atoms with van der Waals surface area (Å²) >= 11 is 1.36. The second kappa shape index (κ2) is 8.76. The average Bonchev–Trinajstić information content (AvgIpc) is 3.41. The van der Waals surface area contributed by atoms with E-state index in [1.807, 2.05) is 18.2 Å². The molecule has 1 N–H and O–H groups in total. The van der Waals surface area contributed by atoms with E-state index in [1.54, 1.807) is 55.6 Å². The van der Waals surface area contributed by atoms with Crippen LogP contribution in [0.15, 0.2) is 78.4 Å². The molecule has 0 aliphatic carbocycles. The lowest BCUT2D eigenvalue weighted by Crippen LogP contribution is -2.29. The number of ether oxygens (including phenoxy) is 1. The maximum atomic E-state index is 13.3. The van der Waals surface area contributed by atoms with E-state index in [0.717, 1.165) is 16.6 Å². The number of amides is 1. The fourth-order valence-electron chi connectivity index (χ4n) is 4.16. The summed E-state index contributed by atoms with van der Waals surface area (Å²) < 4.78 is 6.21. The number of nitrogens with zero attached hydrogens (tertiary/aromatic N) is 2. The zero-order valence-electron chi connectivity index (χ0n) is 18.7. The van der Waals surface area contributed by atoms with Crippen molar-refractivity contribution in [3.63, 3.8) is 0 Å². The van der Waals surface area contributed by atoms with Gasteiger partial charge in [0.15, 0.2) is 5.13 Å². The maximum Gasteiger partial charge on any atom is 0.301 e. The predicted molar refractivity (Wildman–Crippen MR) is 133 cm³/mol. The second-order valence-electron chi connectivity index (χ2n) is 7.96. The van der Waals surface area contributed by atoms with Gasteiger partial charge in [0.25, 0.3) is 5.78 Å². The number of aliphatic hydroxyl groups excluding tert-OH is 1. The summed E-state index contributed by atoms with van der Waals surface area (Å²) in [5, 5.41) is 11.6. The molecule has 1 aliphatic rings. The summed E-state index contributed by atoms with van der Waals surface area (Å²) in [4.78, 5) is 32.7. The molecule has 4 aromatic rings. The molecule has 7 heteroatoms. The van der Waals surface area contributed by atoms with Gasteiger partial charge in [-0.05, 0) is 41.8 Å². The highest BCUT2D eigenvalue weighted by Crippen LogP contribution is 2.44. The molecule has 34 heavy (non-hydrogen) atoms. The highest BCUT2D eigenvalue weighted by atomic mass is 32.1. The average molecular weight is 471 g/mol. The zero-order valence-corrected chi connectivity index (χ0v) is 19.5. The van der Waals surface area contributed by atoms with Crippen molar-refractivity contribution in [1.29, 1.82) is 0 Å². The fourth-order valence-corrected chi connectivity index (χ4v) is 5.22. The van der Waals surface area contributed by atoms with Crippen LogP contribution < -0.4 is 9.64 Å². The molecule has 2 heterocycles. The van der Waals surface area contributed by atoms with E-state index in [1.165, 1.54) is 21.8 Å². The van der Waals surface area contributed by atoms with Gasteiger partial charge in [0.05, 0.1) is 28.9 Å². The van der Waals surface area contributed by atoms with Gasteiger partial charge in [0.1, 0.15) is 11.5 Å². The molecule has 170 valence electrons. The Hall–Kier alpha value is -3.97. The number of Topliss-reactive ketones (excluding diaryl/α,β-unsaturated/α-hetero) is 1. The van der Waals surface area contributed by atoms with Gasteiger partial charge in [-0.25, -0.2) is 4.98 Å². The number of fused-ring (bicyclic) bond motifs is 1. The van der Waals surface area contributed by atoms with Crippen LogP contribution in [0.1, 0.15) is 29.7 Å². The number of carbonyl (C=O) groups excluding carboxylic acids is 2. The summed E-state index contributed by atoms with van der Waals surface area (Å²) in [5.41, 5.74) is 3.10. The van der Waals surface area contributed by atoms with Gasteiger partial charge in [-0.1, -0.05) is 66.8 Å². The van der Waals surface area contributed by atoms with Crippen LogP contribution in [0.5, 0.6) is 5.75 Å². The molecule has 1 fully saturated rings. The molecule has 1 aromatic heterocycles. The molecule has 0 bridgehead atoms. The normalized spacial score (nSPS) is 17.5. The van der Waals surface area contributed by atoms with Crippen molar-refractivity contribution in [2.75, 3.05) is 12.0 Å². The topological polar surface area (TPSA) is 79.7 Å². The van der Waals surface area contributed by atoms with Crippen LogP contribution >= 0.6 is 11.3 Å². The van der Waals surface area contributed by atoms with Crippen molar-refractivity contribution >= 4 is 44.1 Å². The Morgan fingerprint density at radius 3 is 2.47 bits per heavy atom. The number of carbonyl (C=O) groups is 2. The van der Waals surface area contributed by atoms with Crippen molar-refractivity contribution in [2.45, 2.75) is 19.4 Å². The van der Waals surface area contributed by atoms with Crippen molar-refractivity contribution in [2.24, 2.45) is 0 Å². The van der Waals surface area contributed by atoms with Crippen LogP contribution in [-0.4, -0.2) is 28.9 Å². The fraction of sp³-hybridized carbons (Fsp3) is 0.148. The van der Waals surface area contributed by atoms with Crippen LogP contribution in [0.2, 0.25) is 0 Å². The second-order valence-corrected chi connectivity index (χ2v) is 8.97. The summed E-state index contributed by atoms with van der Waals surface area (Å²) in [6.45, 7) is 2.08. The van der Waals surface area contributed by atoms with E-state index in [4.69, 9.17) is 4.74 Å². The highest BCUT2D eigenvalue weighted by molar-refractivity contribution is 7.22. The van der Waals surface area contributed by atoms with E-state index in [2.05, 4.69) is 18.0 Å². The van der Waals surface area contributed by atoms with Crippen LogP contribution in [0.4, 0.5) is 5.13 Å². The first-order valence-electron chi connectivity index (χ1n) is 10.9. The summed E-state index contributed by atoms with van der Waals surface area (Å²) in [5.74, 6) is -1.02. The van der Waals surface area contributed by atoms with Crippen molar-refractivity contribution in [1.82, 2.24) is 4.98 Å². The number of methoxy groups -OCH3 is 1. The molecule has 1 aliphatic heterocycles. The van der Waals surface area contributed by atoms with Crippen molar-refractivity contribution < 1.29 is 19.4 Å². The Morgan fingerprint density at radius 1 is 1.06 bits per heavy atom. The summed E-state index contributed by atoms with van der Waals surface area (Å²) in [6, 6.07) is 21.1. The number of rotatable bonds is 5. The molecule has 3 aromatic carbocycles. The molecule has 0 unspecified atom stereocenters. The molecular formula is C27H22N2O4S. The molecule has 0 spiro atoms. The largest absolute Gasteiger partial charge is 0.507 e. The quantitative estimate of drug-likeness (QED) is 0.237. The minimum atomic E-state index is -0.822. The Balaban J connectivity index is 1.71. The van der Waals surface area contributed by atoms with E-state index >= 15 is 0 Å². The van der Waals surface area contributed by atoms with Crippen LogP contribution in [-0.2, 0) is 16.0 Å². The van der Waals surface area contributed by atoms with Crippen LogP contribution in [0.3, 0.4) is 0 Å². The lowest BCUT2D eigenvalue weighted by atomic mass is 9.95. The number of aliphatic hydroxyl groups is 1. The van der Waals surface area contributed by atoms with Gasteiger partial charge in [-0.2, -0.15) is 0 Å². The molecule has 0 radical (unpaired) electrons. The molecule has 1 atom stereocenters. The van der Waals surface area contributed by atoms with E-state index in [0.29, 0.717) is 22.0 Å². The van der Waals surface area contributed by atoms with Gasteiger partial charge >= 0.3 is 5.91 Å². The molecule has 1 amide bonds. The molecular weight excluding hydrogens is 448 g/mol. The van der Waals surface area contributed by atoms with Crippen molar-refractivity contribution in [3.05, 3.63) is 95.1 Å². The number of ketones is 1. The number of aromatic nitrogens is 1. The number of benzene rings is 3. The Morgan fingerprint density at radius 2 is 1.79 bits per heavy atom. The van der Waals surface area contributed by atoms with Crippen molar-refractivity contribution in [3.8, 4) is 5.75 Å². The lowest BCUT2D eigenvalue weighted by Gasteiger charge is -2.23. The van der Waals surface area contributed by atoms with Gasteiger partial charge in [0, 0.05) is 5.56 Å². The van der Waals surface area contributed by atoms with Gasteiger partial charge in [-0.3, -0.25) is 14.5 Å². The molecule has 6 nitrogen and oxygen atoms in total. The van der Waals surface area contributed by atoms with Gasteiger partial charge in [-0.15, -0.1) is 0 Å². The molecule has 1 saturated heterocycles. The first-order valence-corrected chi connectivity index (χ1v) is 11.7. The number of hydrogen-bond donors (Lipinski definition) is 1. The molecule has 0 saturated carbocycles. The third kappa shape index (κ3) is 3.64. The predicted octanol–water partition coefficient (Wildman–Crippen LogP) is 5.49. The van der Waals surface area contributed by atoms with E-state index in [9.17, 15) is 14.7 Å². The monoisotopic (exact) mass is 470 g/mol. The maximum absolute atomic E-state index is 13.3. The summed E-state index contributed by atoms with van der Waals surface area (Å²) in [6.07, 6.45) is 0.886. The number of thiazole rings is 1. The summed E-state index contributed by atoms with van der Waals surface area (Å²) in [7, 11) is 1.57. The third-order valence-corrected chi connectivity index (χ3v) is 7.00. The van der Waals surface area contributed by atoms with Gasteiger partial charge in [0.2, 0.25) is 0 Å². The Kier molecular flexibility index (Phi) is 5.63.